The third kappa shape index (κ3) is 3.78. The minimum Gasteiger partial charge on any atom is -0.325 e. The minimum absolute atomic E-state index is 0.0683. The van der Waals surface area contributed by atoms with Crippen LogP contribution in [0.25, 0.3) is 0 Å². The van der Waals surface area contributed by atoms with E-state index in [4.69, 9.17) is 0 Å². The number of benzene rings is 1. The zero-order valence-electron chi connectivity index (χ0n) is 10.8. The van der Waals surface area contributed by atoms with E-state index < -0.39 is 0 Å². The first-order chi connectivity index (χ1) is 9.19. The lowest BCUT2D eigenvalue weighted by molar-refractivity contribution is -0.113. The molecule has 1 heterocycles. The SMILES string of the molecule is CCc1cccc(NC(=O)CSc2nnnn2C)c1. The van der Waals surface area contributed by atoms with E-state index in [-0.39, 0.29) is 11.7 Å². The predicted molar refractivity (Wildman–Crippen MR) is 74.0 cm³/mol. The Bertz CT molecular complexity index is 569. The number of hydrogen-bond donors (Lipinski definition) is 1. The van der Waals surface area contributed by atoms with Crippen LogP contribution < -0.4 is 5.32 Å². The molecule has 0 aliphatic rings. The molecule has 0 aliphatic heterocycles. The second-order valence-electron chi connectivity index (χ2n) is 3.98. The summed E-state index contributed by atoms with van der Waals surface area (Å²) in [5.41, 5.74) is 2.02. The van der Waals surface area contributed by atoms with E-state index in [0.29, 0.717) is 5.16 Å². The molecule has 1 aromatic heterocycles. The van der Waals surface area contributed by atoms with E-state index in [1.54, 1.807) is 7.05 Å². The van der Waals surface area contributed by atoms with Gasteiger partial charge in [-0.25, -0.2) is 4.68 Å². The summed E-state index contributed by atoms with van der Waals surface area (Å²) >= 11 is 1.31. The molecule has 0 unspecified atom stereocenters. The highest BCUT2D eigenvalue weighted by molar-refractivity contribution is 7.99. The molecule has 6 nitrogen and oxygen atoms in total. The normalized spacial score (nSPS) is 10.4. The fourth-order valence-electron chi connectivity index (χ4n) is 1.54. The number of hydrogen-bond acceptors (Lipinski definition) is 5. The van der Waals surface area contributed by atoms with Crippen LogP contribution >= 0.6 is 11.8 Å². The van der Waals surface area contributed by atoms with Crippen molar-refractivity contribution in [2.24, 2.45) is 7.05 Å². The number of tetrazole rings is 1. The first kappa shape index (κ1) is 13.5. The van der Waals surface area contributed by atoms with Gasteiger partial charge in [0.05, 0.1) is 5.75 Å². The number of aryl methyl sites for hydroxylation is 2. The van der Waals surface area contributed by atoms with Gasteiger partial charge in [-0.3, -0.25) is 4.79 Å². The molecule has 2 rings (SSSR count). The molecule has 0 aliphatic carbocycles. The molecule has 0 atom stereocenters. The maximum atomic E-state index is 11.8. The zero-order chi connectivity index (χ0) is 13.7. The quantitative estimate of drug-likeness (QED) is 0.839. The van der Waals surface area contributed by atoms with Crippen molar-refractivity contribution in [3.05, 3.63) is 29.8 Å². The number of anilines is 1. The molecule has 0 saturated heterocycles. The Morgan fingerprint density at radius 1 is 1.47 bits per heavy atom. The summed E-state index contributed by atoms with van der Waals surface area (Å²) in [5, 5.41) is 14.5. The number of rotatable bonds is 5. The zero-order valence-corrected chi connectivity index (χ0v) is 11.6. The van der Waals surface area contributed by atoms with Crippen LogP contribution in [0.4, 0.5) is 5.69 Å². The van der Waals surface area contributed by atoms with E-state index in [2.05, 4.69) is 27.8 Å². The van der Waals surface area contributed by atoms with Crippen molar-refractivity contribution in [3.63, 3.8) is 0 Å². The van der Waals surface area contributed by atoms with Crippen molar-refractivity contribution in [2.45, 2.75) is 18.5 Å². The van der Waals surface area contributed by atoms with Crippen LogP contribution in [-0.4, -0.2) is 31.9 Å². The molecule has 0 saturated carbocycles. The number of aromatic nitrogens is 4. The Morgan fingerprint density at radius 2 is 2.32 bits per heavy atom. The Kier molecular flexibility index (Phi) is 4.51. The Labute approximate surface area is 115 Å². The number of nitrogens with one attached hydrogen (secondary N) is 1. The number of nitrogens with zero attached hydrogens (tertiary/aromatic N) is 4. The molecule has 1 amide bonds. The van der Waals surface area contributed by atoms with Crippen LogP contribution in [0.2, 0.25) is 0 Å². The van der Waals surface area contributed by atoms with E-state index >= 15 is 0 Å². The van der Waals surface area contributed by atoms with Gasteiger partial charge in [-0.15, -0.1) is 5.10 Å². The number of thioether (sulfide) groups is 1. The van der Waals surface area contributed by atoms with E-state index in [1.807, 2.05) is 24.3 Å². The van der Waals surface area contributed by atoms with Crippen molar-refractivity contribution in [1.82, 2.24) is 20.2 Å². The van der Waals surface area contributed by atoms with Crippen molar-refractivity contribution in [3.8, 4) is 0 Å². The third-order valence-electron chi connectivity index (χ3n) is 2.53. The summed E-state index contributed by atoms with van der Waals surface area (Å²) in [6.45, 7) is 2.08. The fourth-order valence-corrected chi connectivity index (χ4v) is 2.19. The van der Waals surface area contributed by atoms with Crippen molar-refractivity contribution in [2.75, 3.05) is 11.1 Å². The molecule has 7 heteroatoms. The van der Waals surface area contributed by atoms with Crippen molar-refractivity contribution < 1.29 is 4.79 Å². The van der Waals surface area contributed by atoms with Crippen LogP contribution in [0.3, 0.4) is 0 Å². The highest BCUT2D eigenvalue weighted by Gasteiger charge is 2.08. The molecule has 2 aromatic rings. The van der Waals surface area contributed by atoms with Gasteiger partial charge in [-0.1, -0.05) is 30.8 Å². The molecule has 19 heavy (non-hydrogen) atoms. The van der Waals surface area contributed by atoms with Crippen LogP contribution in [-0.2, 0) is 18.3 Å². The highest BCUT2D eigenvalue weighted by Crippen LogP contribution is 2.14. The molecule has 1 N–H and O–H groups in total. The largest absolute Gasteiger partial charge is 0.325 e. The molecule has 0 radical (unpaired) electrons. The topological polar surface area (TPSA) is 72.7 Å². The highest BCUT2D eigenvalue weighted by atomic mass is 32.2. The van der Waals surface area contributed by atoms with Crippen LogP contribution in [0.5, 0.6) is 0 Å². The molecule has 0 spiro atoms. The van der Waals surface area contributed by atoms with Gasteiger partial charge >= 0.3 is 0 Å². The smallest absolute Gasteiger partial charge is 0.234 e. The summed E-state index contributed by atoms with van der Waals surface area (Å²) in [6, 6.07) is 7.84. The van der Waals surface area contributed by atoms with Gasteiger partial charge in [0, 0.05) is 12.7 Å². The Morgan fingerprint density at radius 3 is 3.00 bits per heavy atom. The average Bonchev–Trinajstić information content (AvgIpc) is 2.82. The standard InChI is InChI=1S/C12H15N5OS/c1-3-9-5-4-6-10(7-9)13-11(18)8-19-12-14-15-16-17(12)2/h4-7H,3,8H2,1-2H3,(H,13,18). The molecular weight excluding hydrogens is 262 g/mol. The molecule has 100 valence electrons. The predicted octanol–water partition coefficient (Wildman–Crippen LogP) is 1.50. The molecule has 0 bridgehead atoms. The van der Waals surface area contributed by atoms with Gasteiger partial charge in [0.1, 0.15) is 0 Å². The van der Waals surface area contributed by atoms with Crippen LogP contribution in [0, 0.1) is 0 Å². The Balaban J connectivity index is 1.89. The van der Waals surface area contributed by atoms with Gasteiger partial charge in [-0.2, -0.15) is 0 Å². The lowest BCUT2D eigenvalue weighted by Gasteiger charge is -2.06. The summed E-state index contributed by atoms with van der Waals surface area (Å²) in [6.07, 6.45) is 0.947. The fraction of sp³-hybridized carbons (Fsp3) is 0.333. The first-order valence-corrected chi connectivity index (χ1v) is 6.91. The number of carbonyl (C=O) groups excluding carboxylic acids is 1. The van der Waals surface area contributed by atoms with E-state index in [9.17, 15) is 4.79 Å². The maximum Gasteiger partial charge on any atom is 0.234 e. The van der Waals surface area contributed by atoms with Gasteiger partial charge in [0.15, 0.2) is 0 Å². The number of carbonyl (C=O) groups is 1. The van der Waals surface area contributed by atoms with Gasteiger partial charge in [0.2, 0.25) is 11.1 Å². The second kappa shape index (κ2) is 6.33. The third-order valence-corrected chi connectivity index (χ3v) is 3.54. The second-order valence-corrected chi connectivity index (χ2v) is 4.92. The monoisotopic (exact) mass is 277 g/mol. The number of amides is 1. The first-order valence-electron chi connectivity index (χ1n) is 5.93. The van der Waals surface area contributed by atoms with Crippen molar-refractivity contribution in [1.29, 1.82) is 0 Å². The summed E-state index contributed by atoms with van der Waals surface area (Å²) in [5.74, 6) is 0.214. The summed E-state index contributed by atoms with van der Waals surface area (Å²) in [4.78, 5) is 11.8. The van der Waals surface area contributed by atoms with Gasteiger partial charge in [-0.05, 0) is 34.5 Å². The lowest BCUT2D eigenvalue weighted by Crippen LogP contribution is -2.14. The van der Waals surface area contributed by atoms with E-state index in [1.165, 1.54) is 22.0 Å². The molecule has 1 aromatic carbocycles. The van der Waals surface area contributed by atoms with Crippen LogP contribution in [0.15, 0.2) is 29.4 Å². The summed E-state index contributed by atoms with van der Waals surface area (Å²) < 4.78 is 1.54. The minimum atomic E-state index is -0.0683. The summed E-state index contributed by atoms with van der Waals surface area (Å²) in [7, 11) is 1.74. The maximum absolute atomic E-state index is 11.8. The molecule has 0 fully saturated rings. The van der Waals surface area contributed by atoms with E-state index in [0.717, 1.165) is 12.1 Å². The van der Waals surface area contributed by atoms with Gasteiger partial charge in [0.25, 0.3) is 0 Å². The van der Waals surface area contributed by atoms with Crippen LogP contribution in [0.1, 0.15) is 12.5 Å². The molecular formula is C12H15N5OS. The lowest BCUT2D eigenvalue weighted by atomic mass is 10.1. The average molecular weight is 277 g/mol. The van der Waals surface area contributed by atoms with Gasteiger partial charge < -0.3 is 5.32 Å². The Hall–Kier alpha value is -1.89. The van der Waals surface area contributed by atoms with Crippen molar-refractivity contribution >= 4 is 23.4 Å².